The third kappa shape index (κ3) is 3.04. The van der Waals surface area contributed by atoms with Gasteiger partial charge in [-0.25, -0.2) is 4.79 Å². The summed E-state index contributed by atoms with van der Waals surface area (Å²) in [5, 5.41) is 9.53. The number of aryl methyl sites for hydroxylation is 1. The topological polar surface area (TPSA) is 58.4 Å². The van der Waals surface area contributed by atoms with Crippen LogP contribution in [0.15, 0.2) is 22.8 Å². The molecule has 5 nitrogen and oxygen atoms in total. The first kappa shape index (κ1) is 17.3. The molecule has 0 radical (unpaired) electrons. The number of rotatable bonds is 1. The fourth-order valence-electron chi connectivity index (χ4n) is 3.87. The number of nitrogens with zero attached hydrogens (tertiary/aromatic N) is 3. The Morgan fingerprint density at radius 2 is 2.08 bits per heavy atom. The van der Waals surface area contributed by atoms with Gasteiger partial charge in [-0.15, -0.1) is 0 Å². The van der Waals surface area contributed by atoms with Gasteiger partial charge in [-0.3, -0.25) is 4.98 Å². The first-order valence-corrected chi connectivity index (χ1v) is 9.08. The molecule has 6 heteroatoms. The van der Waals surface area contributed by atoms with Crippen molar-refractivity contribution in [2.45, 2.75) is 45.6 Å². The molecule has 2 aromatic rings. The number of halogens is 1. The third-order valence-corrected chi connectivity index (χ3v) is 5.60. The molecular weight excluding hydrogens is 370 g/mol. The molecule has 2 unspecified atom stereocenters. The summed E-state index contributed by atoms with van der Waals surface area (Å²) in [6.07, 6.45) is 2.71. The van der Waals surface area contributed by atoms with Gasteiger partial charge in [0, 0.05) is 41.9 Å². The molecule has 1 amide bonds. The summed E-state index contributed by atoms with van der Waals surface area (Å²) in [5.41, 5.74) is 3.26. The molecule has 0 aliphatic carbocycles. The largest absolute Gasteiger partial charge is 0.465 e. The zero-order valence-corrected chi connectivity index (χ0v) is 16.2. The number of carbonyl (C=O) groups is 1. The predicted molar refractivity (Wildman–Crippen MR) is 98.4 cm³/mol. The van der Waals surface area contributed by atoms with Crippen molar-refractivity contribution in [3.8, 4) is 0 Å². The molecule has 0 aromatic carbocycles. The van der Waals surface area contributed by atoms with E-state index >= 15 is 0 Å². The van der Waals surface area contributed by atoms with Gasteiger partial charge in [0.2, 0.25) is 0 Å². The van der Waals surface area contributed by atoms with Crippen LogP contribution in [0.1, 0.15) is 45.2 Å². The molecule has 3 heterocycles. The fraction of sp³-hybridized carbons (Fsp3) is 0.556. The van der Waals surface area contributed by atoms with Gasteiger partial charge in [0.15, 0.2) is 0 Å². The Balaban J connectivity index is 1.96. The van der Waals surface area contributed by atoms with Crippen LogP contribution in [0.5, 0.6) is 0 Å². The van der Waals surface area contributed by atoms with Gasteiger partial charge in [-0.05, 0) is 46.3 Å². The van der Waals surface area contributed by atoms with Gasteiger partial charge < -0.3 is 14.6 Å². The Morgan fingerprint density at radius 3 is 2.71 bits per heavy atom. The molecule has 1 aliphatic heterocycles. The van der Waals surface area contributed by atoms with E-state index in [2.05, 4.69) is 65.4 Å². The first-order chi connectivity index (χ1) is 11.2. The molecule has 3 rings (SSSR count). The van der Waals surface area contributed by atoms with Gasteiger partial charge in [0.25, 0.3) is 0 Å². The zero-order valence-electron chi connectivity index (χ0n) is 14.6. The SMILES string of the molecule is Cn1c(C2CCN(C(=O)O)C(C(C)(C)C)C2)cc2ncc(Br)cc21. The highest BCUT2D eigenvalue weighted by atomic mass is 79.9. The van der Waals surface area contributed by atoms with Crippen molar-refractivity contribution in [1.82, 2.24) is 14.5 Å². The van der Waals surface area contributed by atoms with Crippen LogP contribution in [0.2, 0.25) is 0 Å². The van der Waals surface area contributed by atoms with Crippen LogP contribution >= 0.6 is 15.9 Å². The second-order valence-corrected chi connectivity index (χ2v) is 8.68. The lowest BCUT2D eigenvalue weighted by atomic mass is 9.76. The fourth-order valence-corrected chi connectivity index (χ4v) is 4.19. The number of hydrogen-bond acceptors (Lipinski definition) is 2. The van der Waals surface area contributed by atoms with Crippen LogP contribution in [0.3, 0.4) is 0 Å². The lowest BCUT2D eigenvalue weighted by Gasteiger charge is -2.44. The molecule has 1 aliphatic rings. The highest BCUT2D eigenvalue weighted by Gasteiger charge is 2.39. The maximum absolute atomic E-state index is 11.6. The monoisotopic (exact) mass is 393 g/mol. The number of amides is 1. The molecule has 0 bridgehead atoms. The molecule has 0 saturated carbocycles. The third-order valence-electron chi connectivity index (χ3n) is 5.16. The minimum atomic E-state index is -0.809. The lowest BCUT2D eigenvalue weighted by Crippen LogP contribution is -2.51. The van der Waals surface area contributed by atoms with Crippen LogP contribution < -0.4 is 0 Å². The standard InChI is InChI=1S/C18H24BrN3O2/c1-18(2,3)16-7-11(5-6-22(16)17(23)24)14-9-13-15(21(14)4)8-12(19)10-20-13/h8-11,16H,5-7H2,1-4H3,(H,23,24). The summed E-state index contributed by atoms with van der Waals surface area (Å²) in [6.45, 7) is 6.95. The number of piperidine rings is 1. The van der Waals surface area contributed by atoms with Crippen molar-refractivity contribution in [3.63, 3.8) is 0 Å². The maximum Gasteiger partial charge on any atom is 0.407 e. The van der Waals surface area contributed by atoms with Crippen LogP contribution in [-0.4, -0.2) is 38.2 Å². The minimum Gasteiger partial charge on any atom is -0.465 e. The van der Waals surface area contributed by atoms with Crippen LogP contribution in [0, 0.1) is 5.41 Å². The van der Waals surface area contributed by atoms with Gasteiger partial charge in [-0.1, -0.05) is 20.8 Å². The summed E-state index contributed by atoms with van der Waals surface area (Å²) in [5.74, 6) is 0.350. The number of pyridine rings is 1. The average Bonchev–Trinajstić information content (AvgIpc) is 2.82. The number of likely N-dealkylation sites (tertiary alicyclic amines) is 1. The van der Waals surface area contributed by atoms with Crippen LogP contribution in [0.25, 0.3) is 11.0 Å². The van der Waals surface area contributed by atoms with Crippen molar-refractivity contribution >= 4 is 33.1 Å². The number of fused-ring (bicyclic) bond motifs is 1. The van der Waals surface area contributed by atoms with Crippen LogP contribution in [-0.2, 0) is 7.05 Å². The summed E-state index contributed by atoms with van der Waals surface area (Å²) >= 11 is 3.48. The Bertz CT molecular complexity index is 778. The zero-order chi connectivity index (χ0) is 17.6. The van der Waals surface area contributed by atoms with Crippen LogP contribution in [0.4, 0.5) is 4.79 Å². The molecule has 24 heavy (non-hydrogen) atoms. The quantitative estimate of drug-likeness (QED) is 0.769. The van der Waals surface area contributed by atoms with E-state index in [1.165, 1.54) is 5.69 Å². The second kappa shape index (κ2) is 6.06. The maximum atomic E-state index is 11.6. The van der Waals surface area contributed by atoms with E-state index in [0.717, 1.165) is 28.3 Å². The predicted octanol–water partition coefficient (Wildman–Crippen LogP) is 4.61. The van der Waals surface area contributed by atoms with Gasteiger partial charge in [0.05, 0.1) is 11.0 Å². The van der Waals surface area contributed by atoms with E-state index in [1.54, 1.807) is 4.90 Å². The average molecular weight is 394 g/mol. The van der Waals surface area contributed by atoms with Gasteiger partial charge in [0.1, 0.15) is 0 Å². The molecule has 1 fully saturated rings. The van der Waals surface area contributed by atoms with Crippen molar-refractivity contribution in [3.05, 3.63) is 28.5 Å². The van der Waals surface area contributed by atoms with E-state index in [0.29, 0.717) is 12.5 Å². The summed E-state index contributed by atoms with van der Waals surface area (Å²) in [7, 11) is 2.07. The number of aromatic nitrogens is 2. The smallest absolute Gasteiger partial charge is 0.407 e. The molecule has 130 valence electrons. The minimum absolute atomic E-state index is 0.0199. The Kier molecular flexibility index (Phi) is 4.36. The Hall–Kier alpha value is -1.56. The van der Waals surface area contributed by atoms with E-state index in [1.807, 2.05) is 6.20 Å². The normalized spacial score (nSPS) is 22.1. The highest BCUT2D eigenvalue weighted by molar-refractivity contribution is 9.10. The molecule has 1 saturated heterocycles. The number of carboxylic acid groups (broad SMARTS) is 1. The van der Waals surface area contributed by atoms with Gasteiger partial charge in [-0.2, -0.15) is 0 Å². The Labute approximate surface area is 150 Å². The van der Waals surface area contributed by atoms with E-state index in [9.17, 15) is 9.90 Å². The number of hydrogen-bond donors (Lipinski definition) is 1. The Morgan fingerprint density at radius 1 is 1.38 bits per heavy atom. The lowest BCUT2D eigenvalue weighted by molar-refractivity contribution is 0.0518. The molecule has 1 N–H and O–H groups in total. The van der Waals surface area contributed by atoms with Gasteiger partial charge >= 0.3 is 6.09 Å². The van der Waals surface area contributed by atoms with E-state index in [4.69, 9.17) is 0 Å². The van der Waals surface area contributed by atoms with Crippen molar-refractivity contribution in [1.29, 1.82) is 0 Å². The molecular formula is C18H24BrN3O2. The summed E-state index contributed by atoms with van der Waals surface area (Å²) in [4.78, 5) is 17.7. The van der Waals surface area contributed by atoms with E-state index in [-0.39, 0.29) is 11.5 Å². The van der Waals surface area contributed by atoms with Crippen molar-refractivity contribution in [2.24, 2.45) is 12.5 Å². The summed E-state index contributed by atoms with van der Waals surface area (Å²) < 4.78 is 3.17. The van der Waals surface area contributed by atoms with Crippen molar-refractivity contribution in [2.75, 3.05) is 6.54 Å². The summed E-state index contributed by atoms with van der Waals surface area (Å²) in [6, 6.07) is 4.26. The molecule has 2 atom stereocenters. The molecule has 0 spiro atoms. The van der Waals surface area contributed by atoms with Crippen molar-refractivity contribution < 1.29 is 9.90 Å². The highest BCUT2D eigenvalue weighted by Crippen LogP contribution is 2.40. The van der Waals surface area contributed by atoms with E-state index < -0.39 is 6.09 Å². The second-order valence-electron chi connectivity index (χ2n) is 7.77. The molecule has 2 aromatic heterocycles. The first-order valence-electron chi connectivity index (χ1n) is 8.29.